The van der Waals surface area contributed by atoms with Crippen LogP contribution >= 0.6 is 11.3 Å². The summed E-state index contributed by atoms with van der Waals surface area (Å²) in [6, 6.07) is 4.17. The highest BCUT2D eigenvalue weighted by atomic mass is 32.2. The van der Waals surface area contributed by atoms with Crippen molar-refractivity contribution in [3.8, 4) is 0 Å². The van der Waals surface area contributed by atoms with E-state index in [1.54, 1.807) is 12.1 Å². The van der Waals surface area contributed by atoms with Crippen molar-refractivity contribution in [1.29, 1.82) is 0 Å². The van der Waals surface area contributed by atoms with Crippen LogP contribution in [0.1, 0.15) is 31.6 Å². The van der Waals surface area contributed by atoms with E-state index < -0.39 is 10.0 Å². The average Bonchev–Trinajstić information content (AvgIpc) is 3.09. The first-order valence-corrected chi connectivity index (χ1v) is 9.15. The summed E-state index contributed by atoms with van der Waals surface area (Å²) in [5, 5.41) is 3.40. The van der Waals surface area contributed by atoms with Crippen LogP contribution in [0.3, 0.4) is 0 Å². The molecule has 0 unspecified atom stereocenters. The highest BCUT2D eigenvalue weighted by molar-refractivity contribution is 7.91. The minimum Gasteiger partial charge on any atom is -0.309 e. The van der Waals surface area contributed by atoms with Crippen LogP contribution in [0, 0.1) is 0 Å². The standard InChI is InChI=1S/C14H22N2O2S2/c1-4-9-16(11(2)3)20(17,18)14-8-7-13(19-14)10-15-12-5-6-12/h4,7-8,11-12,15H,1,5-6,9-10H2,2-3H3. The van der Waals surface area contributed by atoms with Gasteiger partial charge in [-0.1, -0.05) is 6.08 Å². The maximum absolute atomic E-state index is 12.6. The van der Waals surface area contributed by atoms with E-state index >= 15 is 0 Å². The Kier molecular flexibility index (Phi) is 5.01. The summed E-state index contributed by atoms with van der Waals surface area (Å²) < 4.78 is 27.1. The van der Waals surface area contributed by atoms with E-state index in [0.29, 0.717) is 16.8 Å². The molecule has 2 rings (SSSR count). The van der Waals surface area contributed by atoms with Crippen molar-refractivity contribution in [3.63, 3.8) is 0 Å². The Morgan fingerprint density at radius 3 is 2.75 bits per heavy atom. The van der Waals surface area contributed by atoms with E-state index in [1.165, 1.54) is 28.5 Å². The largest absolute Gasteiger partial charge is 0.309 e. The topological polar surface area (TPSA) is 49.4 Å². The van der Waals surface area contributed by atoms with Crippen molar-refractivity contribution < 1.29 is 8.42 Å². The molecule has 0 bridgehead atoms. The van der Waals surface area contributed by atoms with Crippen molar-refractivity contribution in [2.75, 3.05) is 6.54 Å². The Morgan fingerprint density at radius 1 is 1.50 bits per heavy atom. The van der Waals surface area contributed by atoms with Gasteiger partial charge in [-0.3, -0.25) is 0 Å². The monoisotopic (exact) mass is 314 g/mol. The molecule has 1 fully saturated rings. The Labute approximate surface area is 125 Å². The van der Waals surface area contributed by atoms with Gasteiger partial charge in [-0.2, -0.15) is 4.31 Å². The molecule has 0 atom stereocenters. The van der Waals surface area contributed by atoms with Crippen LogP contribution < -0.4 is 5.32 Å². The van der Waals surface area contributed by atoms with E-state index in [4.69, 9.17) is 0 Å². The van der Waals surface area contributed by atoms with E-state index in [2.05, 4.69) is 11.9 Å². The van der Waals surface area contributed by atoms with Gasteiger partial charge in [-0.05, 0) is 38.8 Å². The lowest BCUT2D eigenvalue weighted by Crippen LogP contribution is -2.36. The Bertz CT molecular complexity index is 559. The maximum Gasteiger partial charge on any atom is 0.253 e. The van der Waals surface area contributed by atoms with Crippen LogP contribution in [0.2, 0.25) is 0 Å². The molecule has 0 aliphatic heterocycles. The molecule has 1 aromatic rings. The molecule has 20 heavy (non-hydrogen) atoms. The van der Waals surface area contributed by atoms with Crippen LogP contribution in [0.15, 0.2) is 29.0 Å². The highest BCUT2D eigenvalue weighted by Crippen LogP contribution is 2.27. The molecule has 0 radical (unpaired) electrons. The summed E-state index contributed by atoms with van der Waals surface area (Å²) in [5.74, 6) is 0. The molecule has 0 saturated heterocycles. The first kappa shape index (κ1) is 15.7. The van der Waals surface area contributed by atoms with Gasteiger partial charge in [-0.25, -0.2) is 8.42 Å². The van der Waals surface area contributed by atoms with Crippen molar-refractivity contribution >= 4 is 21.4 Å². The number of rotatable bonds is 8. The molecule has 1 aliphatic rings. The van der Waals surface area contributed by atoms with E-state index in [9.17, 15) is 8.42 Å². The summed E-state index contributed by atoms with van der Waals surface area (Å²) in [6.07, 6.45) is 4.09. The molecular formula is C14H22N2O2S2. The average molecular weight is 314 g/mol. The van der Waals surface area contributed by atoms with Crippen LogP contribution in [-0.2, 0) is 16.6 Å². The van der Waals surface area contributed by atoms with Crippen LogP contribution in [0.4, 0.5) is 0 Å². The van der Waals surface area contributed by atoms with Crippen molar-refractivity contribution in [3.05, 3.63) is 29.7 Å². The second-order valence-corrected chi connectivity index (χ2v) is 8.62. The third kappa shape index (κ3) is 3.69. The zero-order valence-electron chi connectivity index (χ0n) is 12.0. The molecule has 0 spiro atoms. The predicted molar refractivity (Wildman–Crippen MR) is 83.4 cm³/mol. The molecule has 112 valence electrons. The van der Waals surface area contributed by atoms with Gasteiger partial charge in [0.1, 0.15) is 4.21 Å². The smallest absolute Gasteiger partial charge is 0.253 e. The van der Waals surface area contributed by atoms with Crippen molar-refractivity contribution in [2.24, 2.45) is 0 Å². The summed E-state index contributed by atoms with van der Waals surface area (Å²) >= 11 is 1.35. The van der Waals surface area contributed by atoms with Gasteiger partial charge in [0.05, 0.1) is 0 Å². The SMILES string of the molecule is C=CCN(C(C)C)S(=O)(=O)c1ccc(CNC2CC2)s1. The van der Waals surface area contributed by atoms with Gasteiger partial charge < -0.3 is 5.32 Å². The van der Waals surface area contributed by atoms with Gasteiger partial charge in [-0.15, -0.1) is 17.9 Å². The van der Waals surface area contributed by atoms with Crippen molar-refractivity contribution in [1.82, 2.24) is 9.62 Å². The molecule has 1 aliphatic carbocycles. The molecular weight excluding hydrogens is 292 g/mol. The summed E-state index contributed by atoms with van der Waals surface area (Å²) in [7, 11) is -3.41. The van der Waals surface area contributed by atoms with Gasteiger partial charge in [0.25, 0.3) is 10.0 Å². The molecule has 0 amide bonds. The molecule has 1 aromatic heterocycles. The first-order valence-electron chi connectivity index (χ1n) is 6.90. The quantitative estimate of drug-likeness (QED) is 0.750. The van der Waals surface area contributed by atoms with Crippen LogP contribution in [0.25, 0.3) is 0 Å². The Morgan fingerprint density at radius 2 is 2.20 bits per heavy atom. The number of nitrogens with zero attached hydrogens (tertiary/aromatic N) is 1. The predicted octanol–water partition coefficient (Wildman–Crippen LogP) is 2.59. The third-order valence-corrected chi connectivity index (χ3v) is 6.82. The second-order valence-electron chi connectivity index (χ2n) is 5.33. The fraction of sp³-hybridized carbons (Fsp3) is 0.571. The fourth-order valence-corrected chi connectivity index (χ4v) is 5.00. The lowest BCUT2D eigenvalue weighted by Gasteiger charge is -2.23. The molecule has 0 aromatic carbocycles. The van der Waals surface area contributed by atoms with E-state index in [1.807, 2.05) is 19.9 Å². The van der Waals surface area contributed by atoms with E-state index in [-0.39, 0.29) is 6.04 Å². The second kappa shape index (κ2) is 6.39. The number of sulfonamides is 1. The molecule has 6 heteroatoms. The van der Waals surface area contributed by atoms with Gasteiger partial charge in [0.15, 0.2) is 0 Å². The molecule has 1 heterocycles. The highest BCUT2D eigenvalue weighted by Gasteiger charge is 2.27. The fourth-order valence-electron chi connectivity index (χ4n) is 1.95. The minimum absolute atomic E-state index is 0.0758. The number of nitrogens with one attached hydrogen (secondary N) is 1. The first-order chi connectivity index (χ1) is 9.45. The summed E-state index contributed by atoms with van der Waals surface area (Å²) in [5.41, 5.74) is 0. The lowest BCUT2D eigenvalue weighted by atomic mass is 10.4. The minimum atomic E-state index is -3.41. The zero-order chi connectivity index (χ0) is 14.8. The molecule has 1 saturated carbocycles. The van der Waals surface area contributed by atoms with E-state index in [0.717, 1.165) is 11.4 Å². The lowest BCUT2D eigenvalue weighted by molar-refractivity contribution is 0.384. The number of hydrogen-bond acceptors (Lipinski definition) is 4. The van der Waals surface area contributed by atoms with Gasteiger partial charge in [0.2, 0.25) is 0 Å². The number of thiophene rings is 1. The Balaban J connectivity index is 2.12. The van der Waals surface area contributed by atoms with Gasteiger partial charge >= 0.3 is 0 Å². The normalized spacial score (nSPS) is 16.0. The molecule has 4 nitrogen and oxygen atoms in total. The van der Waals surface area contributed by atoms with Crippen LogP contribution in [-0.4, -0.2) is 31.4 Å². The Hall–Kier alpha value is -0.690. The van der Waals surface area contributed by atoms with Crippen LogP contribution in [0.5, 0.6) is 0 Å². The maximum atomic E-state index is 12.6. The zero-order valence-corrected chi connectivity index (χ0v) is 13.6. The third-order valence-electron chi connectivity index (χ3n) is 3.23. The van der Waals surface area contributed by atoms with Gasteiger partial charge in [0, 0.05) is 30.1 Å². The summed E-state index contributed by atoms with van der Waals surface area (Å²) in [4.78, 5) is 1.07. The molecule has 1 N–H and O–H groups in total. The summed E-state index contributed by atoms with van der Waals surface area (Å²) in [6.45, 7) is 8.50. The van der Waals surface area contributed by atoms with Crippen molar-refractivity contribution in [2.45, 2.75) is 49.5 Å². The number of hydrogen-bond donors (Lipinski definition) is 1.